The second kappa shape index (κ2) is 8.84. The van der Waals surface area contributed by atoms with Crippen LogP contribution in [0.5, 0.6) is 5.75 Å². The molecule has 0 saturated heterocycles. The van der Waals surface area contributed by atoms with Gasteiger partial charge in [0.25, 0.3) is 5.91 Å². The number of furan rings is 1. The Morgan fingerprint density at radius 1 is 1.12 bits per heavy atom. The van der Waals surface area contributed by atoms with Crippen molar-refractivity contribution in [2.45, 2.75) is 20.8 Å². The van der Waals surface area contributed by atoms with Crippen molar-refractivity contribution in [2.24, 2.45) is 0 Å². The molecule has 2 aromatic carbocycles. The van der Waals surface area contributed by atoms with E-state index < -0.39 is 11.9 Å². The molecule has 164 valence electrons. The van der Waals surface area contributed by atoms with Gasteiger partial charge in [-0.1, -0.05) is 29.8 Å². The molecule has 4 rings (SSSR count). The lowest BCUT2D eigenvalue weighted by atomic mass is 10.1. The normalized spacial score (nSPS) is 10.9. The highest BCUT2D eigenvalue weighted by Crippen LogP contribution is 2.40. The number of nitrogens with one attached hydrogen (secondary N) is 1. The molecule has 8 heteroatoms. The minimum atomic E-state index is -0.562. The third-order valence-electron chi connectivity index (χ3n) is 4.92. The smallest absolute Gasteiger partial charge is 0.342 e. The Morgan fingerprint density at radius 3 is 2.62 bits per heavy atom. The van der Waals surface area contributed by atoms with Crippen molar-refractivity contribution in [1.29, 1.82) is 0 Å². The molecule has 0 aliphatic rings. The molecule has 0 bridgehead atoms. The predicted molar refractivity (Wildman–Crippen MR) is 123 cm³/mol. The fraction of sp³-hybridized carbons (Fsp3) is 0.208. The van der Waals surface area contributed by atoms with Crippen LogP contribution in [0.4, 0.5) is 5.88 Å². The number of ether oxygens (including phenoxy) is 2. The number of methoxy groups -OCH3 is 1. The van der Waals surface area contributed by atoms with Gasteiger partial charge in [-0.3, -0.25) is 10.1 Å². The number of aromatic nitrogens is 1. The van der Waals surface area contributed by atoms with Crippen LogP contribution in [0.3, 0.4) is 0 Å². The quantitative estimate of drug-likeness (QED) is 0.402. The SMILES string of the molecule is COC(=O)c1c(C)oc(NC(=O)COc2ccc(C)cc2C)c1-c1nc2ccccc2s1. The number of carbonyl (C=O) groups excluding carboxylic acids is 2. The Labute approximate surface area is 189 Å². The molecule has 1 amide bonds. The van der Waals surface area contributed by atoms with Crippen molar-refractivity contribution < 1.29 is 23.5 Å². The summed E-state index contributed by atoms with van der Waals surface area (Å²) in [5, 5.41) is 3.27. The summed E-state index contributed by atoms with van der Waals surface area (Å²) in [7, 11) is 1.30. The molecule has 4 aromatic rings. The maximum Gasteiger partial charge on any atom is 0.342 e. The number of esters is 1. The van der Waals surface area contributed by atoms with Crippen molar-refractivity contribution in [3.8, 4) is 16.3 Å². The summed E-state index contributed by atoms with van der Waals surface area (Å²) in [5.41, 5.74) is 3.47. The maximum absolute atomic E-state index is 12.7. The number of anilines is 1. The van der Waals surface area contributed by atoms with Crippen LogP contribution >= 0.6 is 11.3 Å². The molecule has 0 atom stereocenters. The van der Waals surface area contributed by atoms with Crippen LogP contribution in [0.25, 0.3) is 20.8 Å². The Morgan fingerprint density at radius 2 is 1.91 bits per heavy atom. The molecule has 7 nitrogen and oxygen atoms in total. The summed E-state index contributed by atoms with van der Waals surface area (Å²) < 4.78 is 17.3. The van der Waals surface area contributed by atoms with E-state index in [1.165, 1.54) is 18.4 Å². The van der Waals surface area contributed by atoms with E-state index in [4.69, 9.17) is 13.9 Å². The minimum Gasteiger partial charge on any atom is -0.483 e. The van der Waals surface area contributed by atoms with Gasteiger partial charge in [-0.15, -0.1) is 11.3 Å². The Balaban J connectivity index is 1.64. The number of carbonyl (C=O) groups is 2. The van der Waals surface area contributed by atoms with Crippen LogP contribution in [-0.2, 0) is 9.53 Å². The van der Waals surface area contributed by atoms with Crippen LogP contribution in [-0.4, -0.2) is 30.6 Å². The first-order chi connectivity index (χ1) is 15.4. The molecule has 0 aliphatic heterocycles. The summed E-state index contributed by atoms with van der Waals surface area (Å²) in [6.07, 6.45) is 0. The summed E-state index contributed by atoms with van der Waals surface area (Å²) in [6, 6.07) is 13.4. The van der Waals surface area contributed by atoms with Crippen LogP contribution in [0.1, 0.15) is 27.2 Å². The number of benzene rings is 2. The monoisotopic (exact) mass is 450 g/mol. The fourth-order valence-corrected chi connectivity index (χ4v) is 4.45. The van der Waals surface area contributed by atoms with Gasteiger partial charge in [0, 0.05) is 0 Å². The van der Waals surface area contributed by atoms with E-state index in [-0.39, 0.29) is 18.1 Å². The molecule has 0 unspecified atom stereocenters. The Kier molecular flexibility index (Phi) is 5.96. The fourth-order valence-electron chi connectivity index (χ4n) is 3.43. The molecule has 2 aromatic heterocycles. The van der Waals surface area contributed by atoms with Crippen molar-refractivity contribution >= 4 is 39.3 Å². The van der Waals surface area contributed by atoms with Crippen LogP contribution in [0, 0.1) is 20.8 Å². The van der Waals surface area contributed by atoms with E-state index in [1.807, 2.05) is 56.3 Å². The first-order valence-electron chi connectivity index (χ1n) is 9.95. The van der Waals surface area contributed by atoms with Crippen LogP contribution in [0.15, 0.2) is 46.9 Å². The van der Waals surface area contributed by atoms with Gasteiger partial charge in [0.1, 0.15) is 22.1 Å². The van der Waals surface area contributed by atoms with Crippen molar-refractivity contribution in [1.82, 2.24) is 4.98 Å². The van der Waals surface area contributed by atoms with Gasteiger partial charge < -0.3 is 13.9 Å². The van der Waals surface area contributed by atoms with E-state index in [2.05, 4.69) is 10.3 Å². The Hall–Kier alpha value is -3.65. The predicted octanol–water partition coefficient (Wildman–Crippen LogP) is 5.29. The highest BCUT2D eigenvalue weighted by molar-refractivity contribution is 7.21. The summed E-state index contributed by atoms with van der Waals surface area (Å²) >= 11 is 1.40. The lowest BCUT2D eigenvalue weighted by Gasteiger charge is -2.10. The number of fused-ring (bicyclic) bond motifs is 1. The lowest BCUT2D eigenvalue weighted by molar-refractivity contribution is -0.118. The molecular formula is C24H22N2O5S. The van der Waals surface area contributed by atoms with Crippen molar-refractivity contribution in [3.05, 3.63) is 64.9 Å². The number of amides is 1. The highest BCUT2D eigenvalue weighted by atomic mass is 32.1. The van der Waals surface area contributed by atoms with Crippen LogP contribution < -0.4 is 10.1 Å². The van der Waals surface area contributed by atoms with Gasteiger partial charge in [0.2, 0.25) is 5.88 Å². The standard InChI is InChI=1S/C24H22N2O5S/c1-13-9-10-17(14(2)11-13)30-12-19(27)26-22-21(20(15(3)31-22)24(28)29-4)23-25-16-7-5-6-8-18(16)32-23/h5-11H,12H2,1-4H3,(H,26,27). The first-order valence-corrected chi connectivity index (χ1v) is 10.8. The molecule has 0 radical (unpaired) electrons. The van der Waals surface area contributed by atoms with E-state index in [0.29, 0.717) is 22.1 Å². The topological polar surface area (TPSA) is 90.7 Å². The summed E-state index contributed by atoms with van der Waals surface area (Å²) in [4.78, 5) is 29.7. The Bertz CT molecular complexity index is 1290. The third kappa shape index (κ3) is 4.22. The van der Waals surface area contributed by atoms with Gasteiger partial charge in [-0.2, -0.15) is 0 Å². The zero-order valence-corrected chi connectivity index (χ0v) is 19.0. The number of hydrogen-bond donors (Lipinski definition) is 1. The average Bonchev–Trinajstić information content (AvgIpc) is 3.32. The molecular weight excluding hydrogens is 428 g/mol. The second-order valence-corrected chi connectivity index (χ2v) is 8.35. The van der Waals surface area contributed by atoms with E-state index in [9.17, 15) is 9.59 Å². The number of aryl methyl sites for hydroxylation is 3. The maximum atomic E-state index is 12.7. The van der Waals surface area contributed by atoms with Crippen molar-refractivity contribution in [2.75, 3.05) is 19.0 Å². The van der Waals surface area contributed by atoms with Crippen LogP contribution in [0.2, 0.25) is 0 Å². The molecule has 0 fully saturated rings. The zero-order valence-electron chi connectivity index (χ0n) is 18.1. The van der Waals surface area contributed by atoms with Crippen molar-refractivity contribution in [3.63, 3.8) is 0 Å². The summed E-state index contributed by atoms with van der Waals surface area (Å²) in [6.45, 7) is 5.34. The molecule has 1 N–H and O–H groups in total. The van der Waals surface area contributed by atoms with E-state index in [1.54, 1.807) is 6.92 Å². The van der Waals surface area contributed by atoms with E-state index >= 15 is 0 Å². The van der Waals surface area contributed by atoms with E-state index in [0.717, 1.165) is 21.3 Å². The summed E-state index contributed by atoms with van der Waals surface area (Å²) in [5.74, 6) is 0.112. The van der Waals surface area contributed by atoms with Gasteiger partial charge in [0.05, 0.1) is 22.9 Å². The van der Waals surface area contributed by atoms with Gasteiger partial charge in [-0.05, 0) is 44.5 Å². The molecule has 2 heterocycles. The zero-order chi connectivity index (χ0) is 22.8. The first kappa shape index (κ1) is 21.6. The molecule has 0 saturated carbocycles. The van der Waals surface area contributed by atoms with Gasteiger partial charge >= 0.3 is 5.97 Å². The third-order valence-corrected chi connectivity index (χ3v) is 5.98. The number of hydrogen-bond acceptors (Lipinski definition) is 7. The molecule has 0 aliphatic carbocycles. The highest BCUT2D eigenvalue weighted by Gasteiger charge is 2.28. The van der Waals surface area contributed by atoms with Gasteiger partial charge in [0.15, 0.2) is 6.61 Å². The number of nitrogens with zero attached hydrogens (tertiary/aromatic N) is 1. The molecule has 0 spiro atoms. The number of para-hydroxylation sites is 1. The average molecular weight is 451 g/mol. The minimum absolute atomic E-state index is 0.135. The lowest BCUT2D eigenvalue weighted by Crippen LogP contribution is -2.20. The molecule has 32 heavy (non-hydrogen) atoms. The number of thiazole rings is 1. The second-order valence-electron chi connectivity index (χ2n) is 7.32. The number of rotatable bonds is 6. The largest absolute Gasteiger partial charge is 0.483 e. The van der Waals surface area contributed by atoms with Gasteiger partial charge in [-0.25, -0.2) is 9.78 Å².